The molecular weight excluding hydrogens is 200 g/mol. The largest absolute Gasteiger partial charge is 0.380 e. The van der Waals surface area contributed by atoms with Crippen LogP contribution in [0.25, 0.3) is 0 Å². The van der Waals surface area contributed by atoms with Crippen LogP contribution in [0.5, 0.6) is 0 Å². The summed E-state index contributed by atoms with van der Waals surface area (Å²) in [4.78, 5) is 2.52. The van der Waals surface area contributed by atoms with Gasteiger partial charge in [0.05, 0.1) is 6.61 Å². The lowest BCUT2D eigenvalue weighted by molar-refractivity contribution is 0.103. The van der Waals surface area contributed by atoms with Crippen molar-refractivity contribution in [1.82, 2.24) is 10.2 Å². The monoisotopic (exact) mass is 228 g/mol. The molecule has 1 aliphatic heterocycles. The van der Waals surface area contributed by atoms with Gasteiger partial charge in [-0.25, -0.2) is 0 Å². The quantitative estimate of drug-likeness (QED) is 0.673. The van der Waals surface area contributed by atoms with Gasteiger partial charge < -0.3 is 10.1 Å². The van der Waals surface area contributed by atoms with Gasteiger partial charge in [0, 0.05) is 32.3 Å². The summed E-state index contributed by atoms with van der Waals surface area (Å²) in [5.41, 5.74) is 0. The minimum Gasteiger partial charge on any atom is -0.380 e. The summed E-state index contributed by atoms with van der Waals surface area (Å²) in [5.74, 6) is 0. The summed E-state index contributed by atoms with van der Waals surface area (Å²) in [6.07, 6.45) is 4.96. The highest BCUT2D eigenvalue weighted by molar-refractivity contribution is 4.73. The highest BCUT2D eigenvalue weighted by atomic mass is 16.5. The van der Waals surface area contributed by atoms with Crippen LogP contribution < -0.4 is 5.32 Å². The molecule has 1 heterocycles. The van der Waals surface area contributed by atoms with Gasteiger partial charge in [-0.1, -0.05) is 20.3 Å². The summed E-state index contributed by atoms with van der Waals surface area (Å²) in [7, 11) is 0. The molecule has 1 N–H and O–H groups in total. The van der Waals surface area contributed by atoms with E-state index in [9.17, 15) is 0 Å². The van der Waals surface area contributed by atoms with E-state index in [0.29, 0.717) is 0 Å². The number of hydrogen-bond donors (Lipinski definition) is 1. The number of nitrogens with zero attached hydrogens (tertiary/aromatic N) is 1. The second-order valence-corrected chi connectivity index (χ2v) is 4.66. The zero-order valence-electron chi connectivity index (χ0n) is 11.0. The highest BCUT2D eigenvalue weighted by Gasteiger charge is 2.14. The van der Waals surface area contributed by atoms with Gasteiger partial charge in [-0.2, -0.15) is 0 Å². The molecule has 1 saturated heterocycles. The maximum atomic E-state index is 5.61. The number of rotatable bonds is 7. The fraction of sp³-hybridized carbons (Fsp3) is 1.00. The lowest BCUT2D eigenvalue weighted by atomic mass is 10.1. The van der Waals surface area contributed by atoms with Gasteiger partial charge in [-0.15, -0.1) is 0 Å². The molecule has 1 aliphatic rings. The maximum Gasteiger partial charge on any atom is 0.0593 e. The second-order valence-electron chi connectivity index (χ2n) is 4.66. The van der Waals surface area contributed by atoms with E-state index in [1.54, 1.807) is 0 Å². The SMILES string of the molecule is CCCCOCCN1CCNC(CC)CC1. The average Bonchev–Trinajstić information content (AvgIpc) is 2.54. The second kappa shape index (κ2) is 8.97. The Morgan fingerprint density at radius 1 is 1.25 bits per heavy atom. The van der Waals surface area contributed by atoms with Crippen molar-refractivity contribution in [3.63, 3.8) is 0 Å². The molecule has 1 atom stereocenters. The first-order chi connectivity index (χ1) is 7.86. The topological polar surface area (TPSA) is 24.5 Å². The molecule has 3 nitrogen and oxygen atoms in total. The van der Waals surface area contributed by atoms with Gasteiger partial charge in [0.1, 0.15) is 0 Å². The van der Waals surface area contributed by atoms with Crippen molar-refractivity contribution < 1.29 is 4.74 Å². The molecule has 0 amide bonds. The van der Waals surface area contributed by atoms with Crippen LogP contribution in [0.4, 0.5) is 0 Å². The molecule has 0 radical (unpaired) electrons. The van der Waals surface area contributed by atoms with Crippen LogP contribution in [0, 0.1) is 0 Å². The van der Waals surface area contributed by atoms with E-state index in [-0.39, 0.29) is 0 Å². The van der Waals surface area contributed by atoms with Crippen LogP contribution >= 0.6 is 0 Å². The molecule has 0 bridgehead atoms. The van der Waals surface area contributed by atoms with E-state index in [0.717, 1.165) is 32.3 Å². The highest BCUT2D eigenvalue weighted by Crippen LogP contribution is 2.04. The molecule has 1 fully saturated rings. The van der Waals surface area contributed by atoms with Gasteiger partial charge >= 0.3 is 0 Å². The van der Waals surface area contributed by atoms with Crippen LogP contribution in [0.2, 0.25) is 0 Å². The third kappa shape index (κ3) is 5.83. The molecule has 1 unspecified atom stereocenters. The van der Waals surface area contributed by atoms with E-state index >= 15 is 0 Å². The molecule has 16 heavy (non-hydrogen) atoms. The Hall–Kier alpha value is -0.120. The van der Waals surface area contributed by atoms with Crippen molar-refractivity contribution in [3.05, 3.63) is 0 Å². The Balaban J connectivity index is 2.03. The van der Waals surface area contributed by atoms with Gasteiger partial charge in [-0.3, -0.25) is 4.90 Å². The van der Waals surface area contributed by atoms with Crippen LogP contribution in [0.1, 0.15) is 39.5 Å². The van der Waals surface area contributed by atoms with E-state index in [1.807, 2.05) is 0 Å². The van der Waals surface area contributed by atoms with E-state index in [1.165, 1.54) is 38.8 Å². The maximum absolute atomic E-state index is 5.61. The first kappa shape index (κ1) is 13.9. The minimum atomic E-state index is 0.728. The molecule has 0 spiro atoms. The van der Waals surface area contributed by atoms with Gasteiger partial charge in [-0.05, 0) is 25.8 Å². The van der Waals surface area contributed by atoms with E-state index in [2.05, 4.69) is 24.1 Å². The third-order valence-corrected chi connectivity index (χ3v) is 3.34. The van der Waals surface area contributed by atoms with Crippen LogP contribution in [0.15, 0.2) is 0 Å². The van der Waals surface area contributed by atoms with E-state index in [4.69, 9.17) is 4.74 Å². The fourth-order valence-electron chi connectivity index (χ4n) is 2.09. The Kier molecular flexibility index (Phi) is 7.81. The Labute approximate surface area is 101 Å². The molecule has 0 aromatic rings. The first-order valence-electron chi connectivity index (χ1n) is 6.90. The van der Waals surface area contributed by atoms with Crippen LogP contribution in [-0.4, -0.2) is 50.3 Å². The van der Waals surface area contributed by atoms with Crippen molar-refractivity contribution in [2.75, 3.05) is 39.4 Å². The van der Waals surface area contributed by atoms with Gasteiger partial charge in [0.25, 0.3) is 0 Å². The molecule has 0 aromatic heterocycles. The van der Waals surface area contributed by atoms with Crippen molar-refractivity contribution in [2.24, 2.45) is 0 Å². The zero-order valence-corrected chi connectivity index (χ0v) is 11.0. The predicted molar refractivity (Wildman–Crippen MR) is 68.9 cm³/mol. The lowest BCUT2D eigenvalue weighted by Gasteiger charge is -2.19. The van der Waals surface area contributed by atoms with Crippen molar-refractivity contribution >= 4 is 0 Å². The standard InChI is InChI=1S/C13H28N2O/c1-3-5-11-16-12-10-15-8-6-13(4-2)14-7-9-15/h13-14H,3-12H2,1-2H3. The smallest absolute Gasteiger partial charge is 0.0593 e. The number of hydrogen-bond acceptors (Lipinski definition) is 3. The summed E-state index contributed by atoms with van der Waals surface area (Å²) in [6.45, 7) is 10.9. The van der Waals surface area contributed by atoms with Crippen LogP contribution in [0.3, 0.4) is 0 Å². The molecule has 96 valence electrons. The number of ether oxygens (including phenoxy) is 1. The molecular formula is C13H28N2O. The number of unbranched alkanes of at least 4 members (excludes halogenated alkanes) is 1. The summed E-state index contributed by atoms with van der Waals surface area (Å²) in [6, 6.07) is 0.728. The van der Waals surface area contributed by atoms with Crippen molar-refractivity contribution in [3.8, 4) is 0 Å². The van der Waals surface area contributed by atoms with Crippen molar-refractivity contribution in [1.29, 1.82) is 0 Å². The average molecular weight is 228 g/mol. The Bertz CT molecular complexity index is 164. The summed E-state index contributed by atoms with van der Waals surface area (Å²) < 4.78 is 5.61. The van der Waals surface area contributed by atoms with Crippen molar-refractivity contribution in [2.45, 2.75) is 45.6 Å². The Morgan fingerprint density at radius 2 is 2.12 bits per heavy atom. The summed E-state index contributed by atoms with van der Waals surface area (Å²) >= 11 is 0. The molecule has 0 aromatic carbocycles. The Morgan fingerprint density at radius 3 is 2.88 bits per heavy atom. The first-order valence-corrected chi connectivity index (χ1v) is 6.90. The fourth-order valence-corrected chi connectivity index (χ4v) is 2.09. The molecule has 3 heteroatoms. The molecule has 0 saturated carbocycles. The minimum absolute atomic E-state index is 0.728. The molecule has 1 rings (SSSR count). The predicted octanol–water partition coefficient (Wildman–Crippen LogP) is 1.88. The number of nitrogens with one attached hydrogen (secondary N) is 1. The van der Waals surface area contributed by atoms with Gasteiger partial charge in [0.15, 0.2) is 0 Å². The normalized spacial score (nSPS) is 23.2. The molecule has 0 aliphatic carbocycles. The summed E-state index contributed by atoms with van der Waals surface area (Å²) in [5, 5.41) is 3.59. The zero-order chi connectivity index (χ0) is 11.6. The van der Waals surface area contributed by atoms with Crippen LogP contribution in [-0.2, 0) is 4.74 Å². The van der Waals surface area contributed by atoms with E-state index < -0.39 is 0 Å². The van der Waals surface area contributed by atoms with Gasteiger partial charge in [0.2, 0.25) is 0 Å². The lowest BCUT2D eigenvalue weighted by Crippen LogP contribution is -2.31. The third-order valence-electron chi connectivity index (χ3n) is 3.34.